The van der Waals surface area contributed by atoms with Gasteiger partial charge in [-0.25, -0.2) is 4.68 Å². The van der Waals surface area contributed by atoms with Gasteiger partial charge in [0, 0.05) is 18.7 Å². The third kappa shape index (κ3) is 3.11. The number of hydrogen-bond donors (Lipinski definition) is 1. The summed E-state index contributed by atoms with van der Waals surface area (Å²) in [5.41, 5.74) is -0.808. The molecule has 1 aliphatic rings. The van der Waals surface area contributed by atoms with Crippen molar-refractivity contribution in [3.05, 3.63) is 32.8 Å². The van der Waals surface area contributed by atoms with E-state index in [-0.39, 0.29) is 24.6 Å². The second kappa shape index (κ2) is 5.40. The zero-order valence-electron chi connectivity index (χ0n) is 11.0. The Morgan fingerprint density at radius 1 is 1.42 bits per heavy atom. The van der Waals surface area contributed by atoms with Crippen molar-refractivity contribution in [1.82, 2.24) is 14.7 Å². The second-order valence-corrected chi connectivity index (χ2v) is 4.77. The Kier molecular flexibility index (Phi) is 3.84. The van der Waals surface area contributed by atoms with Crippen LogP contribution in [0.4, 0.5) is 0 Å². The molecule has 104 valence electrons. The third-order valence-electron chi connectivity index (χ3n) is 3.11. The molecule has 0 spiro atoms. The van der Waals surface area contributed by atoms with Gasteiger partial charge in [0.1, 0.15) is 6.54 Å². The molecule has 0 radical (unpaired) electrons. The first-order chi connectivity index (χ1) is 8.97. The Labute approximate surface area is 109 Å². The molecular formula is C12H17N3O4. The Bertz CT molecular complexity index is 577. The van der Waals surface area contributed by atoms with Gasteiger partial charge in [0.2, 0.25) is 5.91 Å². The van der Waals surface area contributed by atoms with Crippen molar-refractivity contribution in [2.45, 2.75) is 32.5 Å². The zero-order chi connectivity index (χ0) is 14.0. The molecule has 2 heterocycles. The number of nitrogens with one attached hydrogen (secondary N) is 1. The topological polar surface area (TPSA) is 84.4 Å². The number of amides is 1. The van der Waals surface area contributed by atoms with Crippen LogP contribution in [0.2, 0.25) is 0 Å². The molecule has 0 bridgehead atoms. The molecule has 2 atom stereocenters. The van der Waals surface area contributed by atoms with E-state index in [1.807, 2.05) is 13.8 Å². The SMILES string of the molecule is C[C@@H]1CN(C(=O)Cn2[nH]c(=O)ccc2=O)[C@@H](C)CO1. The van der Waals surface area contributed by atoms with Gasteiger partial charge >= 0.3 is 0 Å². The first-order valence-electron chi connectivity index (χ1n) is 6.18. The highest BCUT2D eigenvalue weighted by Gasteiger charge is 2.27. The van der Waals surface area contributed by atoms with E-state index in [0.29, 0.717) is 13.2 Å². The van der Waals surface area contributed by atoms with Gasteiger partial charge in [-0.05, 0) is 13.8 Å². The van der Waals surface area contributed by atoms with Crippen molar-refractivity contribution in [2.75, 3.05) is 13.2 Å². The van der Waals surface area contributed by atoms with Crippen LogP contribution in [0.5, 0.6) is 0 Å². The van der Waals surface area contributed by atoms with Crippen LogP contribution in [0, 0.1) is 0 Å². The fraction of sp³-hybridized carbons (Fsp3) is 0.583. The maximum atomic E-state index is 12.2. The van der Waals surface area contributed by atoms with Crippen molar-refractivity contribution in [2.24, 2.45) is 0 Å². The van der Waals surface area contributed by atoms with E-state index in [1.54, 1.807) is 4.90 Å². The van der Waals surface area contributed by atoms with Crippen LogP contribution in [0.15, 0.2) is 21.7 Å². The molecule has 1 N–H and O–H groups in total. The average Bonchev–Trinajstić information content (AvgIpc) is 2.36. The first kappa shape index (κ1) is 13.5. The number of nitrogens with zero attached hydrogens (tertiary/aromatic N) is 2. The molecule has 1 aromatic heterocycles. The molecule has 7 heteroatoms. The Morgan fingerprint density at radius 2 is 2.16 bits per heavy atom. The van der Waals surface area contributed by atoms with E-state index in [1.165, 1.54) is 0 Å². The highest BCUT2D eigenvalue weighted by Crippen LogP contribution is 2.11. The summed E-state index contributed by atoms with van der Waals surface area (Å²) in [6, 6.07) is 2.26. The molecule has 0 aliphatic carbocycles. The molecule has 19 heavy (non-hydrogen) atoms. The zero-order valence-corrected chi connectivity index (χ0v) is 11.0. The first-order valence-corrected chi connectivity index (χ1v) is 6.18. The molecule has 1 fully saturated rings. The molecule has 0 saturated carbocycles. The predicted molar refractivity (Wildman–Crippen MR) is 67.9 cm³/mol. The van der Waals surface area contributed by atoms with Crippen LogP contribution in [0.25, 0.3) is 0 Å². The van der Waals surface area contributed by atoms with Gasteiger partial charge < -0.3 is 9.64 Å². The highest BCUT2D eigenvalue weighted by atomic mass is 16.5. The van der Waals surface area contributed by atoms with Crippen LogP contribution < -0.4 is 11.1 Å². The van der Waals surface area contributed by atoms with Gasteiger partial charge in [0.25, 0.3) is 11.1 Å². The maximum Gasteiger partial charge on any atom is 0.265 e. The molecular weight excluding hydrogens is 250 g/mol. The lowest BCUT2D eigenvalue weighted by molar-refractivity contribution is -0.144. The molecule has 1 aromatic rings. The van der Waals surface area contributed by atoms with Crippen molar-refractivity contribution < 1.29 is 9.53 Å². The molecule has 2 rings (SSSR count). The lowest BCUT2D eigenvalue weighted by Crippen LogP contribution is -2.52. The third-order valence-corrected chi connectivity index (χ3v) is 3.11. The van der Waals surface area contributed by atoms with Gasteiger partial charge in [0.05, 0.1) is 18.8 Å². The van der Waals surface area contributed by atoms with E-state index in [2.05, 4.69) is 5.10 Å². The summed E-state index contributed by atoms with van der Waals surface area (Å²) in [5.74, 6) is -0.202. The molecule has 1 saturated heterocycles. The van der Waals surface area contributed by atoms with E-state index in [9.17, 15) is 14.4 Å². The highest BCUT2D eigenvalue weighted by molar-refractivity contribution is 5.76. The summed E-state index contributed by atoms with van der Waals surface area (Å²) in [7, 11) is 0. The Morgan fingerprint density at radius 3 is 2.89 bits per heavy atom. The smallest absolute Gasteiger partial charge is 0.265 e. The quantitative estimate of drug-likeness (QED) is 0.758. The largest absolute Gasteiger partial charge is 0.375 e. The van der Waals surface area contributed by atoms with Crippen LogP contribution in [0.1, 0.15) is 13.8 Å². The standard InChI is InChI=1S/C12H17N3O4/c1-8-7-19-9(2)5-14(8)12(18)6-15-11(17)4-3-10(16)13-15/h3-4,8-9H,5-7H2,1-2H3,(H,13,16)/t8-,9+/m0/s1. The molecule has 7 nitrogen and oxygen atoms in total. The minimum Gasteiger partial charge on any atom is -0.375 e. The summed E-state index contributed by atoms with van der Waals surface area (Å²) in [6.45, 7) is 4.59. The molecule has 1 aliphatic heterocycles. The summed E-state index contributed by atoms with van der Waals surface area (Å²) in [5, 5.41) is 2.34. The lowest BCUT2D eigenvalue weighted by Gasteiger charge is -2.36. The van der Waals surface area contributed by atoms with Gasteiger partial charge in [-0.2, -0.15) is 0 Å². The van der Waals surface area contributed by atoms with Gasteiger partial charge in [-0.15, -0.1) is 0 Å². The van der Waals surface area contributed by atoms with Crippen molar-refractivity contribution in [1.29, 1.82) is 0 Å². The normalized spacial score (nSPS) is 23.4. The van der Waals surface area contributed by atoms with Gasteiger partial charge in [-0.3, -0.25) is 19.5 Å². The fourth-order valence-corrected chi connectivity index (χ4v) is 2.06. The predicted octanol–water partition coefficient (Wildman–Crippen LogP) is -0.828. The van der Waals surface area contributed by atoms with Gasteiger partial charge in [0.15, 0.2) is 0 Å². The van der Waals surface area contributed by atoms with E-state index in [0.717, 1.165) is 16.8 Å². The number of aromatic nitrogens is 2. The number of rotatable bonds is 2. The van der Waals surface area contributed by atoms with Gasteiger partial charge in [-0.1, -0.05) is 0 Å². The average molecular weight is 267 g/mol. The summed E-state index contributed by atoms with van der Waals surface area (Å²) in [4.78, 5) is 36.5. The number of hydrogen-bond acceptors (Lipinski definition) is 4. The molecule has 0 unspecified atom stereocenters. The summed E-state index contributed by atoms with van der Waals surface area (Å²) < 4.78 is 6.47. The van der Waals surface area contributed by atoms with Crippen LogP contribution in [-0.4, -0.2) is 45.9 Å². The van der Waals surface area contributed by atoms with E-state index in [4.69, 9.17) is 4.74 Å². The lowest BCUT2D eigenvalue weighted by atomic mass is 10.2. The van der Waals surface area contributed by atoms with E-state index < -0.39 is 11.1 Å². The van der Waals surface area contributed by atoms with Crippen LogP contribution in [-0.2, 0) is 16.1 Å². The summed E-state index contributed by atoms with van der Waals surface area (Å²) >= 11 is 0. The number of carbonyl (C=O) groups excluding carboxylic acids is 1. The number of morpholine rings is 1. The van der Waals surface area contributed by atoms with Crippen molar-refractivity contribution in [3.8, 4) is 0 Å². The monoisotopic (exact) mass is 267 g/mol. The number of carbonyl (C=O) groups is 1. The van der Waals surface area contributed by atoms with Crippen molar-refractivity contribution in [3.63, 3.8) is 0 Å². The summed E-state index contributed by atoms with van der Waals surface area (Å²) in [6.07, 6.45) is -0.0216. The molecule has 0 aromatic carbocycles. The van der Waals surface area contributed by atoms with Crippen LogP contribution in [0.3, 0.4) is 0 Å². The fourth-order valence-electron chi connectivity index (χ4n) is 2.06. The minimum atomic E-state index is -0.407. The second-order valence-electron chi connectivity index (χ2n) is 4.77. The van der Waals surface area contributed by atoms with Crippen LogP contribution >= 0.6 is 0 Å². The Balaban J connectivity index is 2.14. The number of H-pyrrole nitrogens is 1. The maximum absolute atomic E-state index is 12.2. The number of ether oxygens (including phenoxy) is 1. The number of aromatic amines is 1. The minimum absolute atomic E-state index is 0.0216. The van der Waals surface area contributed by atoms with E-state index >= 15 is 0 Å². The Hall–Kier alpha value is -1.89. The van der Waals surface area contributed by atoms with Crippen molar-refractivity contribution >= 4 is 5.91 Å². The molecule has 1 amide bonds.